The van der Waals surface area contributed by atoms with E-state index < -0.39 is 0 Å². The van der Waals surface area contributed by atoms with Gasteiger partial charge in [0.15, 0.2) is 5.78 Å². The molecule has 0 spiro atoms. The smallest absolute Gasteiger partial charge is 0.294 e. The zero-order valence-corrected chi connectivity index (χ0v) is 9.86. The van der Waals surface area contributed by atoms with E-state index in [0.29, 0.717) is 5.56 Å². The summed E-state index contributed by atoms with van der Waals surface area (Å²) < 4.78 is 6.47. The maximum absolute atomic E-state index is 12.0. The number of aromatic nitrogens is 1. The third-order valence-corrected chi connectivity index (χ3v) is 2.69. The third kappa shape index (κ3) is 2.36. The van der Waals surface area contributed by atoms with Crippen molar-refractivity contribution in [2.24, 2.45) is 0 Å². The minimum atomic E-state index is -0.0204. The minimum Gasteiger partial charge on any atom is -0.432 e. The molecule has 0 saturated heterocycles. The lowest BCUT2D eigenvalue weighted by atomic mass is 10.1. The van der Waals surface area contributed by atoms with Crippen LogP contribution in [0.4, 0.5) is 0 Å². The van der Waals surface area contributed by atoms with E-state index in [-0.39, 0.29) is 18.0 Å². The van der Waals surface area contributed by atoms with E-state index in [1.807, 2.05) is 26.0 Å². The van der Waals surface area contributed by atoms with E-state index >= 15 is 0 Å². The number of oxazole rings is 1. The topological polar surface area (TPSA) is 59.0 Å². The van der Waals surface area contributed by atoms with Crippen molar-refractivity contribution in [1.29, 1.82) is 5.41 Å². The Bertz CT molecular complexity index is 591. The Morgan fingerprint density at radius 3 is 2.47 bits per heavy atom. The molecular formula is C13H14N2O2. The van der Waals surface area contributed by atoms with Crippen LogP contribution in [0, 0.1) is 19.3 Å². The fourth-order valence-corrected chi connectivity index (χ4v) is 1.60. The number of nitrogens with zero attached hydrogens (tertiary/aromatic N) is 1. The number of Topliss-reactive ketones (excluding diaryl/α,β-unsaturated/α-hetero) is 1. The number of rotatable bonds is 3. The zero-order chi connectivity index (χ0) is 12.4. The first-order valence-corrected chi connectivity index (χ1v) is 5.37. The average Bonchev–Trinajstić information content (AvgIpc) is 2.61. The van der Waals surface area contributed by atoms with Crippen LogP contribution in [0.3, 0.4) is 0 Å². The molecule has 1 aromatic heterocycles. The molecule has 0 aliphatic carbocycles. The molecule has 2 aromatic rings. The molecule has 1 heterocycles. The molecule has 0 amide bonds. The van der Waals surface area contributed by atoms with Gasteiger partial charge in [0.05, 0.1) is 12.2 Å². The van der Waals surface area contributed by atoms with Crippen molar-refractivity contribution in [3.05, 3.63) is 53.0 Å². The first-order chi connectivity index (χ1) is 8.08. The summed E-state index contributed by atoms with van der Waals surface area (Å²) in [6.07, 6.45) is 1.48. The van der Waals surface area contributed by atoms with E-state index in [4.69, 9.17) is 9.83 Å². The molecule has 1 aromatic carbocycles. The number of hydrogen-bond donors (Lipinski definition) is 1. The van der Waals surface area contributed by atoms with Gasteiger partial charge < -0.3 is 4.42 Å². The number of benzene rings is 1. The quantitative estimate of drug-likeness (QED) is 0.820. The standard InChI is InChI=1S/C13H14N2O2/c1-9-3-5-11(6-4-9)12(16)7-15-10(2)8-17-13(15)14/h3-6,8,14H,7H2,1-2H3. The largest absolute Gasteiger partial charge is 0.432 e. The molecule has 4 heteroatoms. The molecule has 88 valence electrons. The highest BCUT2D eigenvalue weighted by Gasteiger charge is 2.09. The van der Waals surface area contributed by atoms with Crippen LogP contribution in [0.15, 0.2) is 34.9 Å². The summed E-state index contributed by atoms with van der Waals surface area (Å²) in [6.45, 7) is 3.93. The van der Waals surface area contributed by atoms with Crippen LogP contribution in [0.5, 0.6) is 0 Å². The fourth-order valence-electron chi connectivity index (χ4n) is 1.60. The molecule has 2 rings (SSSR count). The Labute approximate surface area is 99.0 Å². The van der Waals surface area contributed by atoms with E-state index in [1.54, 1.807) is 16.7 Å². The SMILES string of the molecule is Cc1ccc(C(=O)Cn2c(C)coc2=N)cc1. The molecule has 0 aliphatic heterocycles. The van der Waals surface area contributed by atoms with Gasteiger partial charge in [-0.2, -0.15) is 0 Å². The number of carbonyl (C=O) groups excluding carboxylic acids is 1. The highest BCUT2D eigenvalue weighted by molar-refractivity contribution is 5.95. The second-order valence-corrected chi connectivity index (χ2v) is 4.06. The van der Waals surface area contributed by atoms with Crippen molar-refractivity contribution >= 4 is 5.78 Å². The normalized spacial score (nSPS) is 10.5. The molecule has 1 N–H and O–H groups in total. The number of nitrogens with one attached hydrogen (secondary N) is 1. The van der Waals surface area contributed by atoms with Gasteiger partial charge in [-0.25, -0.2) is 0 Å². The number of carbonyl (C=O) groups is 1. The van der Waals surface area contributed by atoms with Gasteiger partial charge in [0.2, 0.25) is 0 Å². The van der Waals surface area contributed by atoms with Crippen LogP contribution in [0.2, 0.25) is 0 Å². The van der Waals surface area contributed by atoms with E-state index in [1.165, 1.54) is 6.26 Å². The lowest BCUT2D eigenvalue weighted by Gasteiger charge is -2.03. The summed E-state index contributed by atoms with van der Waals surface area (Å²) in [7, 11) is 0. The molecule has 0 bridgehead atoms. The van der Waals surface area contributed by atoms with Gasteiger partial charge >= 0.3 is 0 Å². The first kappa shape index (κ1) is 11.4. The maximum Gasteiger partial charge on any atom is 0.294 e. The number of aryl methyl sites for hydroxylation is 2. The molecular weight excluding hydrogens is 216 g/mol. The first-order valence-electron chi connectivity index (χ1n) is 5.37. The highest BCUT2D eigenvalue weighted by atomic mass is 16.3. The van der Waals surface area contributed by atoms with Crippen molar-refractivity contribution in [3.8, 4) is 0 Å². The van der Waals surface area contributed by atoms with Crippen LogP contribution in [-0.2, 0) is 6.54 Å². The van der Waals surface area contributed by atoms with Gasteiger partial charge in [-0.3, -0.25) is 14.8 Å². The van der Waals surface area contributed by atoms with Crippen LogP contribution >= 0.6 is 0 Å². The van der Waals surface area contributed by atoms with Crippen molar-refractivity contribution in [2.75, 3.05) is 0 Å². The molecule has 4 nitrogen and oxygen atoms in total. The predicted octanol–water partition coefficient (Wildman–Crippen LogP) is 2.06. The van der Waals surface area contributed by atoms with Crippen LogP contribution in [-0.4, -0.2) is 10.4 Å². The van der Waals surface area contributed by atoms with Crippen molar-refractivity contribution < 1.29 is 9.21 Å². The second kappa shape index (κ2) is 4.41. The number of ketones is 1. The summed E-state index contributed by atoms with van der Waals surface area (Å²) in [5.74, 6) is -0.0204. The summed E-state index contributed by atoms with van der Waals surface area (Å²) in [6, 6.07) is 7.41. The Balaban J connectivity index is 2.23. The Kier molecular flexibility index (Phi) is 2.95. The highest BCUT2D eigenvalue weighted by Crippen LogP contribution is 2.06. The van der Waals surface area contributed by atoms with Gasteiger partial charge in [-0.15, -0.1) is 0 Å². The van der Waals surface area contributed by atoms with E-state index in [9.17, 15) is 4.79 Å². The lowest BCUT2D eigenvalue weighted by molar-refractivity contribution is 0.0967. The summed E-state index contributed by atoms with van der Waals surface area (Å²) >= 11 is 0. The molecule has 0 aliphatic rings. The third-order valence-electron chi connectivity index (χ3n) is 2.69. The molecule has 0 atom stereocenters. The van der Waals surface area contributed by atoms with Gasteiger partial charge in [0.1, 0.15) is 6.26 Å². The molecule has 0 radical (unpaired) electrons. The summed E-state index contributed by atoms with van der Waals surface area (Å²) in [5.41, 5.74) is 2.55. The van der Waals surface area contributed by atoms with Crippen LogP contribution in [0.1, 0.15) is 21.6 Å². The molecule has 0 saturated carbocycles. The number of hydrogen-bond acceptors (Lipinski definition) is 3. The predicted molar refractivity (Wildman–Crippen MR) is 62.8 cm³/mol. The fraction of sp³-hybridized carbons (Fsp3) is 0.231. The monoisotopic (exact) mass is 230 g/mol. The van der Waals surface area contributed by atoms with E-state index in [0.717, 1.165) is 11.3 Å². The van der Waals surface area contributed by atoms with Crippen molar-refractivity contribution in [2.45, 2.75) is 20.4 Å². The molecule has 0 fully saturated rings. The van der Waals surface area contributed by atoms with Crippen molar-refractivity contribution in [1.82, 2.24) is 4.57 Å². The van der Waals surface area contributed by atoms with E-state index in [2.05, 4.69) is 0 Å². The molecule has 17 heavy (non-hydrogen) atoms. The Morgan fingerprint density at radius 1 is 1.29 bits per heavy atom. The maximum atomic E-state index is 12.0. The van der Waals surface area contributed by atoms with Gasteiger partial charge in [-0.1, -0.05) is 29.8 Å². The Hall–Kier alpha value is -2.10. The minimum absolute atomic E-state index is 0.00274. The van der Waals surface area contributed by atoms with Crippen molar-refractivity contribution in [3.63, 3.8) is 0 Å². The van der Waals surface area contributed by atoms with Crippen LogP contribution in [0.25, 0.3) is 0 Å². The second-order valence-electron chi connectivity index (χ2n) is 4.06. The van der Waals surface area contributed by atoms with Crippen LogP contribution < -0.4 is 5.68 Å². The summed E-state index contributed by atoms with van der Waals surface area (Å²) in [4.78, 5) is 12.0. The average molecular weight is 230 g/mol. The lowest BCUT2D eigenvalue weighted by Crippen LogP contribution is -2.21. The Morgan fingerprint density at radius 2 is 1.94 bits per heavy atom. The summed E-state index contributed by atoms with van der Waals surface area (Å²) in [5, 5.41) is 7.53. The van der Waals surface area contributed by atoms with Gasteiger partial charge in [-0.05, 0) is 13.8 Å². The zero-order valence-electron chi connectivity index (χ0n) is 9.86. The van der Waals surface area contributed by atoms with Gasteiger partial charge in [0.25, 0.3) is 5.68 Å². The molecule has 0 unspecified atom stereocenters. The van der Waals surface area contributed by atoms with Gasteiger partial charge in [0, 0.05) is 5.56 Å².